The van der Waals surface area contributed by atoms with Gasteiger partial charge in [0.15, 0.2) is 11.3 Å². The number of carboxylic acid groups (broad SMARTS) is 1. The summed E-state index contributed by atoms with van der Waals surface area (Å²) in [7, 11) is 0. The number of allylic oxidation sites excluding steroid dienone is 1. The Morgan fingerprint density at radius 2 is 2.03 bits per heavy atom. The Balaban J connectivity index is 1.36. The van der Waals surface area contributed by atoms with E-state index < -0.39 is 17.3 Å². The minimum atomic E-state index is -1.38. The van der Waals surface area contributed by atoms with Crippen molar-refractivity contribution in [2.75, 3.05) is 5.32 Å². The van der Waals surface area contributed by atoms with Crippen LogP contribution in [0.2, 0.25) is 0 Å². The number of hydrogen-bond donors (Lipinski definition) is 3. The number of aryl methyl sites for hydroxylation is 1. The van der Waals surface area contributed by atoms with Crippen molar-refractivity contribution < 1.29 is 24.2 Å². The van der Waals surface area contributed by atoms with E-state index in [9.17, 15) is 14.7 Å². The summed E-state index contributed by atoms with van der Waals surface area (Å²) in [5.74, 6) is -1.68. The molecule has 1 aliphatic heterocycles. The lowest BCUT2D eigenvalue weighted by Crippen LogP contribution is -2.12. The van der Waals surface area contributed by atoms with Crippen LogP contribution >= 0.6 is 0 Å². The van der Waals surface area contributed by atoms with Gasteiger partial charge in [-0.3, -0.25) is 9.78 Å². The van der Waals surface area contributed by atoms with E-state index in [1.807, 2.05) is 31.2 Å². The number of benzene rings is 1. The van der Waals surface area contributed by atoms with Gasteiger partial charge < -0.3 is 24.9 Å². The molecule has 0 unspecified atom stereocenters. The molecular weight excluding hydrogens is 448 g/mol. The van der Waals surface area contributed by atoms with E-state index in [1.165, 1.54) is 6.08 Å². The van der Waals surface area contributed by atoms with E-state index in [0.717, 1.165) is 16.5 Å². The van der Waals surface area contributed by atoms with Gasteiger partial charge >= 0.3 is 5.97 Å². The summed E-state index contributed by atoms with van der Waals surface area (Å²) in [5.41, 5.74) is 3.20. The van der Waals surface area contributed by atoms with Crippen molar-refractivity contribution in [2.24, 2.45) is 0 Å². The molecule has 35 heavy (non-hydrogen) atoms. The first-order chi connectivity index (χ1) is 17.0. The highest BCUT2D eigenvalue weighted by molar-refractivity contribution is 6.26. The predicted molar refractivity (Wildman–Crippen MR) is 128 cm³/mol. The number of aliphatic carboxylic acids is 1. The average Bonchev–Trinajstić information content (AvgIpc) is 3.40. The fraction of sp³-hybridized carbons (Fsp3) is 0.0769. The van der Waals surface area contributed by atoms with Crippen molar-refractivity contribution >= 4 is 34.5 Å². The second-order valence-corrected chi connectivity index (χ2v) is 7.84. The second-order valence-electron chi connectivity index (χ2n) is 7.84. The highest BCUT2D eigenvalue weighted by Crippen LogP contribution is 2.31. The molecule has 9 heteroatoms. The number of Topliss-reactive ketones (excluding diaryl/α,β-unsaturated/α-hetero) is 1. The largest absolute Gasteiger partial charge is 0.489 e. The third-order valence-electron chi connectivity index (χ3n) is 5.47. The number of aromatic amines is 1. The molecule has 1 aromatic carbocycles. The zero-order valence-corrected chi connectivity index (χ0v) is 18.6. The van der Waals surface area contributed by atoms with Crippen molar-refractivity contribution in [2.45, 2.75) is 13.5 Å². The molecular formula is C26H20N4O5. The van der Waals surface area contributed by atoms with Gasteiger partial charge in [-0.2, -0.15) is 0 Å². The fourth-order valence-corrected chi connectivity index (χ4v) is 3.68. The highest BCUT2D eigenvalue weighted by Gasteiger charge is 2.36. The van der Waals surface area contributed by atoms with Gasteiger partial charge in [0.2, 0.25) is 11.7 Å². The summed E-state index contributed by atoms with van der Waals surface area (Å²) < 4.78 is 11.5. The summed E-state index contributed by atoms with van der Waals surface area (Å²) in [6.45, 7) is 2.23. The Hall–Kier alpha value is -4.92. The van der Waals surface area contributed by atoms with Gasteiger partial charge in [0.25, 0.3) is 0 Å². The minimum Gasteiger partial charge on any atom is -0.489 e. The van der Waals surface area contributed by atoms with Gasteiger partial charge in [0, 0.05) is 41.4 Å². The first-order valence-electron chi connectivity index (χ1n) is 10.7. The number of carboxylic acids is 1. The number of rotatable bonds is 7. The van der Waals surface area contributed by atoms with Gasteiger partial charge in [-0.15, -0.1) is 0 Å². The Labute approximate surface area is 199 Å². The lowest BCUT2D eigenvalue weighted by atomic mass is 10.1. The molecule has 4 aromatic rings. The van der Waals surface area contributed by atoms with Crippen molar-refractivity contribution in [3.63, 3.8) is 0 Å². The van der Waals surface area contributed by atoms with E-state index in [1.54, 1.807) is 43.0 Å². The highest BCUT2D eigenvalue weighted by atomic mass is 16.5. The molecule has 3 N–H and O–H groups in total. The number of pyridine rings is 2. The number of ether oxygens (including phenoxy) is 2. The van der Waals surface area contributed by atoms with Crippen LogP contribution in [0, 0.1) is 6.92 Å². The number of carbonyl (C=O) groups is 2. The summed E-state index contributed by atoms with van der Waals surface area (Å²) >= 11 is 0. The molecule has 0 amide bonds. The number of fused-ring (bicyclic) bond motifs is 1. The molecule has 0 aliphatic carbocycles. The van der Waals surface area contributed by atoms with Crippen LogP contribution in [0.1, 0.15) is 16.7 Å². The molecule has 0 atom stereocenters. The Kier molecular flexibility index (Phi) is 5.72. The lowest BCUT2D eigenvalue weighted by molar-refractivity contribution is -0.134. The molecule has 4 heterocycles. The average molecular weight is 468 g/mol. The maximum absolute atomic E-state index is 12.8. The number of anilines is 1. The Morgan fingerprint density at radius 3 is 2.80 bits per heavy atom. The Morgan fingerprint density at radius 1 is 1.20 bits per heavy atom. The monoisotopic (exact) mass is 468 g/mol. The van der Waals surface area contributed by atoms with Crippen LogP contribution in [0.5, 0.6) is 5.75 Å². The number of H-pyrrole nitrogens is 1. The number of ketones is 1. The number of aromatic nitrogens is 3. The van der Waals surface area contributed by atoms with Gasteiger partial charge in [-0.05, 0) is 66.6 Å². The maximum Gasteiger partial charge on any atom is 0.345 e. The molecule has 9 nitrogen and oxygen atoms in total. The number of nitrogens with one attached hydrogen (secondary N) is 2. The van der Waals surface area contributed by atoms with E-state index in [0.29, 0.717) is 29.3 Å². The van der Waals surface area contributed by atoms with Gasteiger partial charge in [0.1, 0.15) is 18.0 Å². The summed E-state index contributed by atoms with van der Waals surface area (Å²) in [4.78, 5) is 35.9. The van der Waals surface area contributed by atoms with Crippen LogP contribution in [0.15, 0.2) is 84.5 Å². The maximum atomic E-state index is 12.8. The molecule has 3 aromatic heterocycles. The summed E-state index contributed by atoms with van der Waals surface area (Å²) in [6.07, 6.45) is 8.24. The zero-order chi connectivity index (χ0) is 24.4. The van der Waals surface area contributed by atoms with Crippen molar-refractivity contribution in [1.29, 1.82) is 0 Å². The van der Waals surface area contributed by atoms with Crippen LogP contribution in [0.4, 0.5) is 5.69 Å². The van der Waals surface area contributed by atoms with E-state index >= 15 is 0 Å². The fourth-order valence-electron chi connectivity index (χ4n) is 3.68. The lowest BCUT2D eigenvalue weighted by Gasteiger charge is -2.13. The molecule has 0 fully saturated rings. The van der Waals surface area contributed by atoms with Crippen LogP contribution in [0.3, 0.4) is 0 Å². The zero-order valence-electron chi connectivity index (χ0n) is 18.6. The first kappa shape index (κ1) is 21.9. The first-order valence-corrected chi connectivity index (χ1v) is 10.7. The number of hydrogen-bond acceptors (Lipinski definition) is 7. The molecule has 0 spiro atoms. The smallest absolute Gasteiger partial charge is 0.345 e. The standard InChI is InChI=1S/C26H20N4O5/c1-15-11-18(34-14-16-6-9-27-10-7-16)4-5-20(15)30-25-22(26(32)33)23(31)21(35-25)12-17-13-29-24-19(17)3-2-8-28-24/h2-13,30H,14H2,1H3,(H,28,29)(H,32,33). The molecule has 0 saturated carbocycles. The molecule has 5 rings (SSSR count). The molecule has 0 bridgehead atoms. The minimum absolute atomic E-state index is 0.0930. The van der Waals surface area contributed by atoms with E-state index in [-0.39, 0.29) is 11.6 Å². The van der Waals surface area contributed by atoms with Gasteiger partial charge in [-0.25, -0.2) is 9.78 Å². The molecule has 174 valence electrons. The van der Waals surface area contributed by atoms with Crippen molar-refractivity contribution in [3.05, 3.63) is 101 Å². The summed E-state index contributed by atoms with van der Waals surface area (Å²) in [5, 5.41) is 13.4. The van der Waals surface area contributed by atoms with E-state index in [4.69, 9.17) is 9.47 Å². The number of nitrogens with zero attached hydrogens (tertiary/aromatic N) is 2. The topological polar surface area (TPSA) is 126 Å². The SMILES string of the molecule is Cc1cc(OCc2ccncc2)ccc1NC1=C(C(=O)O)C(=O)C(=Cc2c[nH]c3ncccc23)O1. The molecule has 0 saturated heterocycles. The Bertz CT molecular complexity index is 1500. The van der Waals surface area contributed by atoms with E-state index in [2.05, 4.69) is 20.3 Å². The molecule has 0 radical (unpaired) electrons. The van der Waals surface area contributed by atoms with Crippen LogP contribution in [-0.2, 0) is 20.9 Å². The summed E-state index contributed by atoms with van der Waals surface area (Å²) in [6, 6.07) is 12.7. The second kappa shape index (κ2) is 9.14. The van der Waals surface area contributed by atoms with Gasteiger partial charge in [0.05, 0.1) is 0 Å². The third kappa shape index (κ3) is 4.47. The van der Waals surface area contributed by atoms with Crippen molar-refractivity contribution in [3.8, 4) is 5.75 Å². The normalized spacial score (nSPS) is 14.4. The van der Waals surface area contributed by atoms with Crippen LogP contribution in [0.25, 0.3) is 17.1 Å². The third-order valence-corrected chi connectivity index (χ3v) is 5.47. The molecule has 1 aliphatic rings. The van der Waals surface area contributed by atoms with Crippen molar-refractivity contribution in [1.82, 2.24) is 15.0 Å². The van der Waals surface area contributed by atoms with Gasteiger partial charge in [-0.1, -0.05) is 0 Å². The quantitative estimate of drug-likeness (QED) is 0.272. The predicted octanol–water partition coefficient (Wildman–Crippen LogP) is 4.19. The number of carbonyl (C=O) groups excluding carboxylic acids is 1. The van der Waals surface area contributed by atoms with Crippen LogP contribution in [-0.4, -0.2) is 31.8 Å². The van der Waals surface area contributed by atoms with Crippen LogP contribution < -0.4 is 10.1 Å².